The Kier molecular flexibility index (Phi) is 8.93. The van der Waals surface area contributed by atoms with E-state index in [0.29, 0.717) is 22.3 Å². The van der Waals surface area contributed by atoms with Crippen LogP contribution in [-0.4, -0.2) is 59.7 Å². The maximum absolute atomic E-state index is 12.4. The molecule has 0 saturated carbocycles. The smallest absolute Gasteiger partial charge is 0.266 e. The molecule has 132 valence electrons. The predicted octanol–water partition coefficient (Wildman–Crippen LogP) is 2.44. The van der Waals surface area contributed by atoms with Crippen molar-refractivity contribution in [3.05, 3.63) is 27.3 Å². The number of halogens is 1. The molecule has 1 aliphatic heterocycles. The van der Waals surface area contributed by atoms with Crippen LogP contribution in [0.4, 0.5) is 0 Å². The highest BCUT2D eigenvalue weighted by Crippen LogP contribution is 2.33. The van der Waals surface area contributed by atoms with E-state index in [0.717, 1.165) is 11.4 Å². The van der Waals surface area contributed by atoms with Gasteiger partial charge in [-0.1, -0.05) is 30.0 Å². The van der Waals surface area contributed by atoms with E-state index in [4.69, 9.17) is 12.2 Å². The van der Waals surface area contributed by atoms with Crippen LogP contribution in [-0.2, 0) is 9.59 Å². The Hall–Kier alpha value is -0.930. The van der Waals surface area contributed by atoms with Gasteiger partial charge in [0.1, 0.15) is 4.32 Å². The summed E-state index contributed by atoms with van der Waals surface area (Å²) in [6.45, 7) is 1.71. The second-order valence-electron chi connectivity index (χ2n) is 5.25. The molecular formula is C15H20ClN3O2S3. The topological polar surface area (TPSA) is 52.7 Å². The van der Waals surface area contributed by atoms with Gasteiger partial charge in [-0.3, -0.25) is 14.5 Å². The molecule has 0 aliphatic carbocycles. The Balaban J connectivity index is 0.00000288. The van der Waals surface area contributed by atoms with Crippen molar-refractivity contribution in [3.63, 3.8) is 0 Å². The summed E-state index contributed by atoms with van der Waals surface area (Å²) in [5.41, 5.74) is 0. The Morgan fingerprint density at radius 2 is 2.21 bits per heavy atom. The van der Waals surface area contributed by atoms with Crippen LogP contribution in [0.15, 0.2) is 22.4 Å². The highest BCUT2D eigenvalue weighted by molar-refractivity contribution is 8.26. The molecule has 0 atom stereocenters. The molecule has 1 aromatic rings. The van der Waals surface area contributed by atoms with Crippen LogP contribution in [0, 0.1) is 0 Å². The van der Waals surface area contributed by atoms with E-state index in [2.05, 4.69) is 5.32 Å². The van der Waals surface area contributed by atoms with Gasteiger partial charge in [0.15, 0.2) is 0 Å². The molecule has 2 rings (SSSR count). The number of amides is 2. The van der Waals surface area contributed by atoms with Crippen LogP contribution < -0.4 is 5.32 Å². The molecule has 0 bridgehead atoms. The SMILES string of the molecule is CN(C)CCNC(=O)CCN1C(=O)/C(=C\c2cccs2)SC1=S.Cl. The van der Waals surface area contributed by atoms with Gasteiger partial charge in [-0.25, -0.2) is 0 Å². The normalized spacial score (nSPS) is 16.0. The Bertz CT molecular complexity index is 617. The molecule has 1 aromatic heterocycles. The zero-order valence-corrected chi connectivity index (χ0v) is 16.7. The summed E-state index contributed by atoms with van der Waals surface area (Å²) in [6.07, 6.45) is 2.10. The summed E-state index contributed by atoms with van der Waals surface area (Å²) in [4.78, 5) is 29.3. The van der Waals surface area contributed by atoms with Gasteiger partial charge in [0.25, 0.3) is 5.91 Å². The van der Waals surface area contributed by atoms with Crippen molar-refractivity contribution >= 4 is 69.9 Å². The zero-order valence-electron chi connectivity index (χ0n) is 13.5. The van der Waals surface area contributed by atoms with Gasteiger partial charge in [-0.05, 0) is 31.6 Å². The molecule has 1 N–H and O–H groups in total. The minimum absolute atomic E-state index is 0. The van der Waals surface area contributed by atoms with Crippen LogP contribution >= 0.6 is 47.7 Å². The van der Waals surface area contributed by atoms with Crippen molar-refractivity contribution in [2.75, 3.05) is 33.7 Å². The number of carbonyl (C=O) groups is 2. The number of hydrogen-bond acceptors (Lipinski definition) is 6. The molecule has 0 unspecified atom stereocenters. The fraction of sp³-hybridized carbons (Fsp3) is 0.400. The molecule has 2 amide bonds. The van der Waals surface area contributed by atoms with Gasteiger partial charge in [0.05, 0.1) is 4.91 Å². The van der Waals surface area contributed by atoms with Crippen LogP contribution in [0.3, 0.4) is 0 Å². The molecule has 0 spiro atoms. The van der Waals surface area contributed by atoms with Crippen molar-refractivity contribution in [3.8, 4) is 0 Å². The van der Waals surface area contributed by atoms with Gasteiger partial charge in [-0.15, -0.1) is 23.7 Å². The van der Waals surface area contributed by atoms with Crippen LogP contribution in [0.25, 0.3) is 6.08 Å². The molecule has 0 radical (unpaired) electrons. The molecular weight excluding hydrogens is 386 g/mol. The van der Waals surface area contributed by atoms with Crippen LogP contribution in [0.1, 0.15) is 11.3 Å². The molecule has 24 heavy (non-hydrogen) atoms. The first-order valence-electron chi connectivity index (χ1n) is 7.17. The number of likely N-dealkylation sites (N-methyl/N-ethyl adjacent to an activating group) is 1. The Morgan fingerprint density at radius 3 is 2.83 bits per heavy atom. The lowest BCUT2D eigenvalue weighted by molar-refractivity contribution is -0.123. The third kappa shape index (κ3) is 6.18. The Labute approximate surface area is 161 Å². The number of thioether (sulfide) groups is 1. The third-order valence-corrected chi connectivity index (χ3v) is 5.33. The number of nitrogens with one attached hydrogen (secondary N) is 1. The Morgan fingerprint density at radius 1 is 1.46 bits per heavy atom. The molecule has 2 heterocycles. The maximum Gasteiger partial charge on any atom is 0.266 e. The van der Waals surface area contributed by atoms with Crippen molar-refractivity contribution in [1.82, 2.24) is 15.1 Å². The summed E-state index contributed by atoms with van der Waals surface area (Å²) in [7, 11) is 3.90. The van der Waals surface area contributed by atoms with Gasteiger partial charge in [0, 0.05) is 30.9 Å². The first-order valence-corrected chi connectivity index (χ1v) is 9.28. The lowest BCUT2D eigenvalue weighted by Crippen LogP contribution is -2.35. The van der Waals surface area contributed by atoms with Gasteiger partial charge >= 0.3 is 0 Å². The van der Waals surface area contributed by atoms with E-state index in [1.54, 1.807) is 11.3 Å². The highest BCUT2D eigenvalue weighted by atomic mass is 35.5. The lowest BCUT2D eigenvalue weighted by atomic mass is 10.3. The lowest BCUT2D eigenvalue weighted by Gasteiger charge is -2.14. The van der Waals surface area contributed by atoms with E-state index < -0.39 is 0 Å². The number of rotatable bonds is 7. The summed E-state index contributed by atoms with van der Waals surface area (Å²) in [5.74, 6) is -0.183. The second-order valence-corrected chi connectivity index (χ2v) is 7.91. The number of hydrogen-bond donors (Lipinski definition) is 1. The standard InChI is InChI=1S/C15H19N3O2S3.ClH/c1-17(2)8-6-16-13(19)5-7-18-14(20)12(23-15(18)21)10-11-4-3-9-22-11;/h3-4,9-10H,5-8H2,1-2H3,(H,16,19);1H/b12-10+;. The van der Waals surface area contributed by atoms with Gasteiger partial charge in [0.2, 0.25) is 5.91 Å². The summed E-state index contributed by atoms with van der Waals surface area (Å²) in [6, 6.07) is 3.89. The molecule has 1 aliphatic rings. The van der Waals surface area contributed by atoms with Crippen molar-refractivity contribution in [2.24, 2.45) is 0 Å². The fourth-order valence-electron chi connectivity index (χ4n) is 1.92. The average Bonchev–Trinajstić information content (AvgIpc) is 3.07. The van der Waals surface area contributed by atoms with Crippen molar-refractivity contribution in [2.45, 2.75) is 6.42 Å². The predicted molar refractivity (Wildman–Crippen MR) is 108 cm³/mol. The summed E-state index contributed by atoms with van der Waals surface area (Å²) in [5, 5.41) is 4.80. The number of thiocarbonyl (C=S) groups is 1. The molecule has 1 saturated heterocycles. The second kappa shape index (κ2) is 10.1. The quantitative estimate of drug-likeness (QED) is 0.557. The molecule has 0 aromatic carbocycles. The first kappa shape index (κ1) is 21.1. The molecule has 1 fully saturated rings. The molecule has 9 heteroatoms. The summed E-state index contributed by atoms with van der Waals surface area (Å²) >= 11 is 8.12. The van der Waals surface area contributed by atoms with E-state index in [-0.39, 0.29) is 30.6 Å². The third-order valence-electron chi connectivity index (χ3n) is 3.13. The van der Waals surface area contributed by atoms with Crippen molar-refractivity contribution in [1.29, 1.82) is 0 Å². The van der Waals surface area contributed by atoms with E-state index in [1.165, 1.54) is 16.7 Å². The van der Waals surface area contributed by atoms with E-state index >= 15 is 0 Å². The monoisotopic (exact) mass is 405 g/mol. The average molecular weight is 406 g/mol. The van der Waals surface area contributed by atoms with E-state index in [9.17, 15) is 9.59 Å². The van der Waals surface area contributed by atoms with Crippen LogP contribution in [0.5, 0.6) is 0 Å². The number of carbonyl (C=O) groups excluding carboxylic acids is 2. The number of thiophene rings is 1. The first-order chi connectivity index (χ1) is 11.0. The fourth-order valence-corrected chi connectivity index (χ4v) is 3.95. The zero-order chi connectivity index (χ0) is 16.8. The minimum Gasteiger partial charge on any atom is -0.355 e. The largest absolute Gasteiger partial charge is 0.355 e. The van der Waals surface area contributed by atoms with Crippen LogP contribution in [0.2, 0.25) is 0 Å². The highest BCUT2D eigenvalue weighted by Gasteiger charge is 2.32. The van der Waals surface area contributed by atoms with Gasteiger partial charge in [-0.2, -0.15) is 0 Å². The maximum atomic E-state index is 12.4. The van der Waals surface area contributed by atoms with Gasteiger partial charge < -0.3 is 10.2 Å². The summed E-state index contributed by atoms with van der Waals surface area (Å²) < 4.78 is 0.513. The molecule has 5 nitrogen and oxygen atoms in total. The van der Waals surface area contributed by atoms with Crippen molar-refractivity contribution < 1.29 is 9.59 Å². The minimum atomic E-state index is -0.116. The van der Waals surface area contributed by atoms with E-state index in [1.807, 2.05) is 42.6 Å². The number of nitrogens with zero attached hydrogens (tertiary/aromatic N) is 2.